The Labute approximate surface area is 107 Å². The molecule has 0 spiro atoms. The highest BCUT2D eigenvalue weighted by Gasteiger charge is 2.18. The predicted molar refractivity (Wildman–Crippen MR) is 68.4 cm³/mol. The maximum atomic E-state index is 5.95. The highest BCUT2D eigenvalue weighted by atomic mass is 16.5. The van der Waals surface area contributed by atoms with Crippen LogP contribution in [0, 0.1) is 0 Å². The van der Waals surface area contributed by atoms with Crippen LogP contribution in [0.15, 0.2) is 12.1 Å². The third kappa shape index (κ3) is 2.79. The number of ether oxygens (including phenoxy) is 4. The van der Waals surface area contributed by atoms with Gasteiger partial charge in [0.2, 0.25) is 0 Å². The Morgan fingerprint density at radius 3 is 2.28 bits per heavy atom. The Hall–Kier alpha value is -1.62. The average molecular weight is 253 g/mol. The van der Waals surface area contributed by atoms with Crippen LogP contribution in [0.4, 0.5) is 5.69 Å². The molecule has 0 amide bonds. The van der Waals surface area contributed by atoms with Gasteiger partial charge in [-0.15, -0.1) is 0 Å². The van der Waals surface area contributed by atoms with E-state index < -0.39 is 0 Å². The summed E-state index contributed by atoms with van der Waals surface area (Å²) < 4.78 is 21.6. The van der Waals surface area contributed by atoms with E-state index >= 15 is 0 Å². The highest BCUT2D eigenvalue weighted by molar-refractivity contribution is 5.62. The van der Waals surface area contributed by atoms with Crippen molar-refractivity contribution in [3.8, 4) is 17.2 Å². The van der Waals surface area contributed by atoms with Gasteiger partial charge in [-0.1, -0.05) is 0 Å². The van der Waals surface area contributed by atoms with E-state index in [2.05, 4.69) is 0 Å². The van der Waals surface area contributed by atoms with E-state index in [-0.39, 0.29) is 6.10 Å². The first-order chi connectivity index (χ1) is 8.74. The van der Waals surface area contributed by atoms with Crippen molar-refractivity contribution in [2.45, 2.75) is 18.9 Å². The van der Waals surface area contributed by atoms with Crippen LogP contribution in [0.5, 0.6) is 17.2 Å². The van der Waals surface area contributed by atoms with Gasteiger partial charge in [-0.05, 0) is 0 Å². The van der Waals surface area contributed by atoms with E-state index in [9.17, 15) is 0 Å². The van der Waals surface area contributed by atoms with Crippen molar-refractivity contribution in [1.29, 1.82) is 0 Å². The number of rotatable bonds is 4. The molecule has 100 valence electrons. The van der Waals surface area contributed by atoms with Crippen LogP contribution < -0.4 is 19.9 Å². The number of hydrogen-bond donors (Lipinski definition) is 1. The van der Waals surface area contributed by atoms with E-state index in [0.717, 1.165) is 26.1 Å². The van der Waals surface area contributed by atoms with E-state index in [4.69, 9.17) is 24.7 Å². The molecule has 0 aliphatic carbocycles. The summed E-state index contributed by atoms with van der Waals surface area (Å²) in [5, 5.41) is 0. The number of hydrogen-bond acceptors (Lipinski definition) is 5. The van der Waals surface area contributed by atoms with E-state index in [1.165, 1.54) is 0 Å². The van der Waals surface area contributed by atoms with Gasteiger partial charge in [-0.25, -0.2) is 0 Å². The van der Waals surface area contributed by atoms with Crippen LogP contribution in [0.1, 0.15) is 12.8 Å². The summed E-state index contributed by atoms with van der Waals surface area (Å²) in [7, 11) is 3.17. The van der Waals surface area contributed by atoms with Gasteiger partial charge < -0.3 is 24.7 Å². The molecule has 2 N–H and O–H groups in total. The number of nitrogen functional groups attached to an aromatic ring is 1. The molecule has 1 aliphatic rings. The number of nitrogens with two attached hydrogens (primary N) is 1. The molecule has 5 heteroatoms. The normalized spacial score (nSPS) is 16.3. The average Bonchev–Trinajstić information content (AvgIpc) is 2.41. The van der Waals surface area contributed by atoms with Gasteiger partial charge in [0, 0.05) is 25.0 Å². The maximum Gasteiger partial charge on any atom is 0.164 e. The van der Waals surface area contributed by atoms with E-state index in [1.807, 2.05) is 0 Å². The molecule has 1 heterocycles. The van der Waals surface area contributed by atoms with Gasteiger partial charge in [0.05, 0.1) is 33.1 Å². The zero-order chi connectivity index (χ0) is 13.0. The third-order valence-corrected chi connectivity index (χ3v) is 2.98. The van der Waals surface area contributed by atoms with Crippen LogP contribution >= 0.6 is 0 Å². The zero-order valence-corrected chi connectivity index (χ0v) is 10.8. The molecule has 0 radical (unpaired) electrons. The van der Waals surface area contributed by atoms with Crippen molar-refractivity contribution >= 4 is 5.69 Å². The summed E-state index contributed by atoms with van der Waals surface area (Å²) in [6.45, 7) is 1.47. The fourth-order valence-corrected chi connectivity index (χ4v) is 1.95. The summed E-state index contributed by atoms with van der Waals surface area (Å²) in [4.78, 5) is 0. The summed E-state index contributed by atoms with van der Waals surface area (Å²) >= 11 is 0. The second kappa shape index (κ2) is 5.82. The molecule has 0 atom stereocenters. The first-order valence-corrected chi connectivity index (χ1v) is 6.00. The lowest BCUT2D eigenvalue weighted by atomic mass is 10.1. The molecule has 1 aromatic rings. The molecule has 1 aliphatic heterocycles. The SMILES string of the molecule is COc1cc(N)c(OC2CCOCC2)cc1OC. The lowest BCUT2D eigenvalue weighted by Crippen LogP contribution is -2.26. The predicted octanol–water partition coefficient (Wildman–Crippen LogP) is 1.84. The van der Waals surface area contributed by atoms with Crippen molar-refractivity contribution < 1.29 is 18.9 Å². The fourth-order valence-electron chi connectivity index (χ4n) is 1.95. The van der Waals surface area contributed by atoms with Crippen molar-refractivity contribution in [3.05, 3.63) is 12.1 Å². The number of anilines is 1. The smallest absolute Gasteiger partial charge is 0.164 e. The molecular formula is C13H19NO4. The second-order valence-corrected chi connectivity index (χ2v) is 4.17. The van der Waals surface area contributed by atoms with Crippen LogP contribution in [-0.2, 0) is 4.74 Å². The molecule has 0 bridgehead atoms. The Bertz CT molecular complexity index is 402. The van der Waals surface area contributed by atoms with E-state index in [1.54, 1.807) is 26.4 Å². The maximum absolute atomic E-state index is 5.95. The van der Waals surface area contributed by atoms with Crippen molar-refractivity contribution in [1.82, 2.24) is 0 Å². The lowest BCUT2D eigenvalue weighted by molar-refractivity contribution is 0.0258. The lowest BCUT2D eigenvalue weighted by Gasteiger charge is -2.24. The zero-order valence-electron chi connectivity index (χ0n) is 10.8. The number of benzene rings is 1. The standard InChI is InChI=1S/C13H19NO4/c1-15-12-7-10(14)11(8-13(12)16-2)18-9-3-5-17-6-4-9/h7-9H,3-6,14H2,1-2H3. The van der Waals surface area contributed by atoms with Gasteiger partial charge in [0.1, 0.15) is 11.9 Å². The quantitative estimate of drug-likeness (QED) is 0.830. The minimum absolute atomic E-state index is 0.152. The molecule has 5 nitrogen and oxygen atoms in total. The molecular weight excluding hydrogens is 234 g/mol. The van der Waals surface area contributed by atoms with Gasteiger partial charge in [-0.3, -0.25) is 0 Å². The minimum Gasteiger partial charge on any atom is -0.493 e. The van der Waals surface area contributed by atoms with E-state index in [0.29, 0.717) is 22.9 Å². The Kier molecular flexibility index (Phi) is 4.15. The van der Waals surface area contributed by atoms with Crippen molar-refractivity contribution in [3.63, 3.8) is 0 Å². The molecule has 1 aromatic carbocycles. The minimum atomic E-state index is 0.152. The second-order valence-electron chi connectivity index (χ2n) is 4.17. The van der Waals surface area contributed by atoms with Crippen LogP contribution in [0.3, 0.4) is 0 Å². The topological polar surface area (TPSA) is 62.9 Å². The molecule has 2 rings (SSSR count). The van der Waals surface area contributed by atoms with Crippen molar-refractivity contribution in [2.24, 2.45) is 0 Å². The van der Waals surface area contributed by atoms with Gasteiger partial charge in [-0.2, -0.15) is 0 Å². The van der Waals surface area contributed by atoms with Gasteiger partial charge in [0.25, 0.3) is 0 Å². The summed E-state index contributed by atoms with van der Waals surface area (Å²) in [5.41, 5.74) is 6.50. The highest BCUT2D eigenvalue weighted by Crippen LogP contribution is 2.37. The molecule has 1 saturated heterocycles. The number of methoxy groups -OCH3 is 2. The largest absolute Gasteiger partial charge is 0.493 e. The summed E-state index contributed by atoms with van der Waals surface area (Å²) in [5.74, 6) is 1.86. The van der Waals surface area contributed by atoms with Crippen LogP contribution in [0.25, 0.3) is 0 Å². The summed E-state index contributed by atoms with van der Waals surface area (Å²) in [6, 6.07) is 3.48. The Morgan fingerprint density at radius 2 is 1.67 bits per heavy atom. The molecule has 18 heavy (non-hydrogen) atoms. The fraction of sp³-hybridized carbons (Fsp3) is 0.538. The first-order valence-electron chi connectivity index (χ1n) is 6.00. The van der Waals surface area contributed by atoms with Crippen LogP contribution in [-0.4, -0.2) is 33.5 Å². The molecule has 0 unspecified atom stereocenters. The van der Waals surface area contributed by atoms with Crippen molar-refractivity contribution in [2.75, 3.05) is 33.2 Å². The molecule has 1 fully saturated rings. The molecule has 0 aromatic heterocycles. The monoisotopic (exact) mass is 253 g/mol. The first kappa shape index (κ1) is 12.8. The van der Waals surface area contributed by atoms with Gasteiger partial charge in [0.15, 0.2) is 11.5 Å². The Morgan fingerprint density at radius 1 is 1.06 bits per heavy atom. The third-order valence-electron chi connectivity index (χ3n) is 2.98. The van der Waals surface area contributed by atoms with Gasteiger partial charge >= 0.3 is 0 Å². The summed E-state index contributed by atoms with van der Waals surface area (Å²) in [6.07, 6.45) is 1.92. The van der Waals surface area contributed by atoms with Crippen LogP contribution in [0.2, 0.25) is 0 Å². The Balaban J connectivity index is 2.16. The molecule has 0 saturated carbocycles.